The number of rotatable bonds is 6. The summed E-state index contributed by atoms with van der Waals surface area (Å²) in [7, 11) is 0. The van der Waals surface area contributed by atoms with Gasteiger partial charge in [-0.3, -0.25) is 10.1 Å². The third kappa shape index (κ3) is 4.95. The van der Waals surface area contributed by atoms with Gasteiger partial charge < -0.3 is 15.2 Å². The molecule has 0 saturated heterocycles. The van der Waals surface area contributed by atoms with Gasteiger partial charge in [-0.05, 0) is 56.5 Å². The zero-order valence-corrected chi connectivity index (χ0v) is 15.2. The Morgan fingerprint density at radius 1 is 1.15 bits per heavy atom. The van der Waals surface area contributed by atoms with Crippen molar-refractivity contribution in [1.82, 2.24) is 0 Å². The van der Waals surface area contributed by atoms with E-state index in [1.165, 1.54) is 12.1 Å². The van der Waals surface area contributed by atoms with Crippen LogP contribution in [0.4, 0.5) is 10.5 Å². The highest BCUT2D eigenvalue weighted by Crippen LogP contribution is 2.32. The number of non-ortho nitro benzene ring substituents is 1. The molecule has 0 bridgehead atoms. The number of hydrogen-bond acceptors (Lipinski definition) is 5. The van der Waals surface area contributed by atoms with Crippen LogP contribution in [0, 0.1) is 24.0 Å². The minimum Gasteiger partial charge on any atom is -0.457 e. The summed E-state index contributed by atoms with van der Waals surface area (Å²) in [6.45, 7) is 7.42. The molecule has 26 heavy (non-hydrogen) atoms. The van der Waals surface area contributed by atoms with E-state index < -0.39 is 16.6 Å². The molecule has 0 heterocycles. The SMILES string of the molecule is Cc1cc(CC(C)(C)OC(N)=O)cc(C)c1Oc1ccc([N+](=O)[O-])cc1. The topological polar surface area (TPSA) is 105 Å². The maximum atomic E-state index is 11.0. The maximum absolute atomic E-state index is 11.0. The summed E-state index contributed by atoms with van der Waals surface area (Å²) in [5, 5.41) is 10.7. The second kappa shape index (κ2) is 7.43. The summed E-state index contributed by atoms with van der Waals surface area (Å²) < 4.78 is 11.0. The second-order valence-corrected chi connectivity index (χ2v) is 6.77. The van der Waals surface area contributed by atoms with Gasteiger partial charge in [-0.1, -0.05) is 12.1 Å². The monoisotopic (exact) mass is 358 g/mol. The molecule has 7 nitrogen and oxygen atoms in total. The lowest BCUT2D eigenvalue weighted by Crippen LogP contribution is -2.33. The number of primary amides is 1. The summed E-state index contributed by atoms with van der Waals surface area (Å²) >= 11 is 0. The summed E-state index contributed by atoms with van der Waals surface area (Å²) in [4.78, 5) is 21.3. The number of hydrogen-bond donors (Lipinski definition) is 1. The fourth-order valence-corrected chi connectivity index (χ4v) is 2.86. The molecule has 0 unspecified atom stereocenters. The minimum absolute atomic E-state index is 0.0119. The average molecular weight is 358 g/mol. The van der Waals surface area contributed by atoms with Crippen molar-refractivity contribution in [1.29, 1.82) is 0 Å². The van der Waals surface area contributed by atoms with Crippen molar-refractivity contribution in [2.45, 2.75) is 39.7 Å². The number of nitro groups is 1. The van der Waals surface area contributed by atoms with Crippen molar-refractivity contribution in [2.24, 2.45) is 5.73 Å². The molecule has 2 rings (SSSR count). The number of nitrogens with two attached hydrogens (primary N) is 1. The van der Waals surface area contributed by atoms with Gasteiger partial charge in [-0.25, -0.2) is 4.79 Å². The molecule has 2 N–H and O–H groups in total. The first-order chi connectivity index (χ1) is 12.1. The smallest absolute Gasteiger partial charge is 0.405 e. The number of amides is 1. The normalized spacial score (nSPS) is 11.1. The van der Waals surface area contributed by atoms with Crippen molar-refractivity contribution in [2.75, 3.05) is 0 Å². The Morgan fingerprint density at radius 3 is 2.15 bits per heavy atom. The van der Waals surface area contributed by atoms with Gasteiger partial charge in [-0.2, -0.15) is 0 Å². The van der Waals surface area contributed by atoms with Crippen LogP contribution >= 0.6 is 0 Å². The average Bonchev–Trinajstić information content (AvgIpc) is 2.49. The molecular formula is C19H22N2O5. The highest BCUT2D eigenvalue weighted by Gasteiger charge is 2.23. The Morgan fingerprint density at radius 2 is 1.69 bits per heavy atom. The lowest BCUT2D eigenvalue weighted by atomic mass is 9.95. The summed E-state index contributed by atoms with van der Waals surface area (Å²) in [6.07, 6.45) is -0.295. The van der Waals surface area contributed by atoms with Crippen LogP contribution < -0.4 is 10.5 Å². The number of carbonyl (C=O) groups excluding carboxylic acids is 1. The van der Waals surface area contributed by atoms with E-state index in [4.69, 9.17) is 15.2 Å². The van der Waals surface area contributed by atoms with E-state index in [9.17, 15) is 14.9 Å². The van der Waals surface area contributed by atoms with E-state index in [1.54, 1.807) is 26.0 Å². The van der Waals surface area contributed by atoms with Crippen molar-refractivity contribution in [3.8, 4) is 11.5 Å². The molecule has 2 aromatic carbocycles. The lowest BCUT2D eigenvalue weighted by molar-refractivity contribution is -0.384. The quantitative estimate of drug-likeness (QED) is 0.608. The van der Waals surface area contributed by atoms with E-state index >= 15 is 0 Å². The number of benzene rings is 2. The first-order valence-electron chi connectivity index (χ1n) is 8.08. The molecule has 0 aliphatic rings. The first-order valence-corrected chi connectivity index (χ1v) is 8.08. The summed E-state index contributed by atoms with van der Waals surface area (Å²) in [5.74, 6) is 1.21. The molecule has 0 fully saturated rings. The first kappa shape index (κ1) is 19.2. The Balaban J connectivity index is 2.21. The van der Waals surface area contributed by atoms with Gasteiger partial charge in [-0.15, -0.1) is 0 Å². The van der Waals surface area contributed by atoms with E-state index in [2.05, 4.69) is 0 Å². The van der Waals surface area contributed by atoms with E-state index in [-0.39, 0.29) is 5.69 Å². The van der Waals surface area contributed by atoms with Gasteiger partial charge in [0.15, 0.2) is 0 Å². The van der Waals surface area contributed by atoms with Crippen molar-refractivity contribution >= 4 is 11.8 Å². The Labute approximate surface area is 151 Å². The molecule has 1 amide bonds. The number of nitro benzene ring substituents is 1. The highest BCUT2D eigenvalue weighted by atomic mass is 16.6. The second-order valence-electron chi connectivity index (χ2n) is 6.77. The minimum atomic E-state index is -0.804. The van der Waals surface area contributed by atoms with Crippen molar-refractivity contribution in [3.05, 3.63) is 63.2 Å². The number of carbonyl (C=O) groups is 1. The zero-order chi connectivity index (χ0) is 19.5. The van der Waals surface area contributed by atoms with Crippen LogP contribution in [0.25, 0.3) is 0 Å². The van der Waals surface area contributed by atoms with Gasteiger partial charge in [0.25, 0.3) is 5.69 Å². The number of nitrogens with zero attached hydrogens (tertiary/aromatic N) is 1. The third-order valence-corrected chi connectivity index (χ3v) is 3.79. The lowest BCUT2D eigenvalue weighted by Gasteiger charge is -2.25. The van der Waals surface area contributed by atoms with Gasteiger partial charge in [0.2, 0.25) is 0 Å². The molecule has 0 saturated carbocycles. The summed E-state index contributed by atoms with van der Waals surface area (Å²) in [6, 6.07) is 9.85. The van der Waals surface area contributed by atoms with Crippen LogP contribution in [0.2, 0.25) is 0 Å². The molecule has 0 aliphatic carbocycles. The molecule has 7 heteroatoms. The van der Waals surface area contributed by atoms with Crippen LogP contribution in [0.3, 0.4) is 0 Å². The molecule has 0 aliphatic heterocycles. The van der Waals surface area contributed by atoms with Crippen LogP contribution in [0.1, 0.15) is 30.5 Å². The molecule has 2 aromatic rings. The van der Waals surface area contributed by atoms with Crippen LogP contribution in [-0.2, 0) is 11.2 Å². The van der Waals surface area contributed by atoms with Crippen LogP contribution in [-0.4, -0.2) is 16.6 Å². The van der Waals surface area contributed by atoms with Gasteiger partial charge in [0, 0.05) is 18.6 Å². The number of aryl methyl sites for hydroxylation is 2. The van der Waals surface area contributed by atoms with E-state index in [0.717, 1.165) is 16.7 Å². The Hall–Kier alpha value is -3.09. The van der Waals surface area contributed by atoms with Gasteiger partial charge >= 0.3 is 6.09 Å². The molecule has 0 atom stereocenters. The Kier molecular flexibility index (Phi) is 5.50. The molecule has 138 valence electrons. The zero-order valence-electron chi connectivity index (χ0n) is 15.2. The molecule has 0 spiro atoms. The highest BCUT2D eigenvalue weighted by molar-refractivity contribution is 5.65. The predicted octanol–water partition coefficient (Wildman–Crippen LogP) is 4.42. The molecular weight excluding hydrogens is 336 g/mol. The maximum Gasteiger partial charge on any atom is 0.405 e. The van der Waals surface area contributed by atoms with Gasteiger partial charge in [0.1, 0.15) is 17.1 Å². The summed E-state index contributed by atoms with van der Waals surface area (Å²) in [5.41, 5.74) is 7.21. The van der Waals surface area contributed by atoms with Crippen molar-refractivity contribution in [3.63, 3.8) is 0 Å². The van der Waals surface area contributed by atoms with Crippen molar-refractivity contribution < 1.29 is 19.2 Å². The molecule has 0 radical (unpaired) electrons. The number of ether oxygens (including phenoxy) is 2. The molecule has 0 aromatic heterocycles. The van der Waals surface area contributed by atoms with Crippen LogP contribution in [0.5, 0.6) is 11.5 Å². The van der Waals surface area contributed by atoms with Crippen LogP contribution in [0.15, 0.2) is 36.4 Å². The Bertz CT molecular complexity index is 805. The van der Waals surface area contributed by atoms with E-state index in [0.29, 0.717) is 17.9 Å². The predicted molar refractivity (Wildman–Crippen MR) is 97.5 cm³/mol. The standard InChI is InChI=1S/C19H22N2O5/c1-12-9-14(11-19(3,4)26-18(20)22)10-13(2)17(12)25-16-7-5-15(6-8-16)21(23)24/h5-10H,11H2,1-4H3,(H2,20,22). The fraction of sp³-hybridized carbons (Fsp3) is 0.316. The fourth-order valence-electron chi connectivity index (χ4n) is 2.86. The van der Waals surface area contributed by atoms with E-state index in [1.807, 2.05) is 26.0 Å². The largest absolute Gasteiger partial charge is 0.457 e. The van der Waals surface area contributed by atoms with Gasteiger partial charge in [0.05, 0.1) is 4.92 Å². The third-order valence-electron chi connectivity index (χ3n) is 3.79.